The van der Waals surface area contributed by atoms with Crippen molar-refractivity contribution in [1.82, 2.24) is 4.98 Å². The van der Waals surface area contributed by atoms with Crippen molar-refractivity contribution in [3.8, 4) is 0 Å². The quantitative estimate of drug-likeness (QED) is 0.898. The number of hydrogen-bond donors (Lipinski definition) is 2. The molecule has 1 aromatic rings. The fraction of sp³-hybridized carbons (Fsp3) is 0.615. The summed E-state index contributed by atoms with van der Waals surface area (Å²) in [7, 11) is 0. The largest absolute Gasteiger partial charge is 0.370 e. The van der Waals surface area contributed by atoms with Crippen LogP contribution in [0, 0.1) is 11.8 Å². The highest BCUT2D eigenvalue weighted by atomic mass is 79.9. The first-order valence-corrected chi connectivity index (χ1v) is 7.14. The average molecular weight is 298 g/mol. The molecule has 2 unspecified atom stereocenters. The van der Waals surface area contributed by atoms with E-state index in [9.17, 15) is 0 Å². The van der Waals surface area contributed by atoms with Crippen molar-refractivity contribution in [2.75, 3.05) is 18.4 Å². The van der Waals surface area contributed by atoms with Gasteiger partial charge in [0.2, 0.25) is 0 Å². The molecular formula is C13H20BrN3. The molecule has 0 amide bonds. The minimum Gasteiger partial charge on any atom is -0.370 e. The maximum Gasteiger partial charge on any atom is 0.125 e. The van der Waals surface area contributed by atoms with Gasteiger partial charge in [-0.2, -0.15) is 0 Å². The van der Waals surface area contributed by atoms with E-state index in [4.69, 9.17) is 5.73 Å². The van der Waals surface area contributed by atoms with Gasteiger partial charge in [-0.25, -0.2) is 4.98 Å². The molecule has 4 heteroatoms. The van der Waals surface area contributed by atoms with Crippen LogP contribution in [0.15, 0.2) is 22.8 Å². The summed E-state index contributed by atoms with van der Waals surface area (Å²) in [4.78, 5) is 4.32. The van der Waals surface area contributed by atoms with Crippen LogP contribution < -0.4 is 11.1 Å². The van der Waals surface area contributed by atoms with Gasteiger partial charge in [-0.3, -0.25) is 0 Å². The summed E-state index contributed by atoms with van der Waals surface area (Å²) in [6.07, 6.45) is 7.09. The molecule has 1 aliphatic carbocycles. The van der Waals surface area contributed by atoms with Crippen LogP contribution in [0.4, 0.5) is 5.82 Å². The van der Waals surface area contributed by atoms with E-state index in [1.54, 1.807) is 0 Å². The minimum absolute atomic E-state index is 0.687. The van der Waals surface area contributed by atoms with Crippen molar-refractivity contribution in [2.45, 2.75) is 25.7 Å². The van der Waals surface area contributed by atoms with Gasteiger partial charge >= 0.3 is 0 Å². The normalized spacial score (nSPS) is 24.6. The van der Waals surface area contributed by atoms with Crippen LogP contribution in [-0.4, -0.2) is 18.1 Å². The lowest BCUT2D eigenvalue weighted by atomic mass is 9.79. The van der Waals surface area contributed by atoms with Crippen molar-refractivity contribution in [3.05, 3.63) is 22.8 Å². The fourth-order valence-corrected chi connectivity index (χ4v) is 2.81. The standard InChI is InChI=1S/C13H20BrN3/c14-12-5-6-13(17-9-12)16-8-11-4-2-1-3-10(11)7-15/h5-6,9-11H,1-4,7-8,15H2,(H,16,17). The highest BCUT2D eigenvalue weighted by molar-refractivity contribution is 9.10. The Hall–Kier alpha value is -0.610. The summed E-state index contributed by atoms with van der Waals surface area (Å²) >= 11 is 3.39. The summed E-state index contributed by atoms with van der Waals surface area (Å²) in [5.41, 5.74) is 5.83. The lowest BCUT2D eigenvalue weighted by molar-refractivity contribution is 0.255. The number of hydrogen-bond acceptors (Lipinski definition) is 3. The monoisotopic (exact) mass is 297 g/mol. The van der Waals surface area contributed by atoms with Gasteiger partial charge in [-0.05, 0) is 59.3 Å². The third-order valence-corrected chi connectivity index (χ3v) is 4.11. The van der Waals surface area contributed by atoms with Crippen LogP contribution in [0.25, 0.3) is 0 Å². The molecule has 3 N–H and O–H groups in total. The van der Waals surface area contributed by atoms with E-state index in [1.165, 1.54) is 25.7 Å². The van der Waals surface area contributed by atoms with Gasteiger partial charge in [0.05, 0.1) is 0 Å². The molecule has 1 aromatic heterocycles. The van der Waals surface area contributed by atoms with Gasteiger partial charge in [-0.15, -0.1) is 0 Å². The SMILES string of the molecule is NCC1CCCCC1CNc1ccc(Br)cn1. The smallest absolute Gasteiger partial charge is 0.125 e. The van der Waals surface area contributed by atoms with E-state index in [2.05, 4.69) is 26.2 Å². The maximum absolute atomic E-state index is 5.83. The molecule has 17 heavy (non-hydrogen) atoms. The first-order valence-electron chi connectivity index (χ1n) is 6.35. The molecule has 1 heterocycles. The molecule has 1 fully saturated rings. The lowest BCUT2D eigenvalue weighted by Gasteiger charge is -2.30. The third-order valence-electron chi connectivity index (χ3n) is 3.64. The average Bonchev–Trinajstić information content (AvgIpc) is 2.38. The fourth-order valence-electron chi connectivity index (χ4n) is 2.58. The summed E-state index contributed by atoms with van der Waals surface area (Å²) in [6, 6.07) is 4.01. The molecule has 0 bridgehead atoms. The molecule has 0 spiro atoms. The van der Waals surface area contributed by atoms with Gasteiger partial charge in [0, 0.05) is 17.2 Å². The zero-order chi connectivity index (χ0) is 12.1. The van der Waals surface area contributed by atoms with Crippen molar-refractivity contribution in [2.24, 2.45) is 17.6 Å². The second-order valence-corrected chi connectivity index (χ2v) is 5.70. The van der Waals surface area contributed by atoms with Gasteiger partial charge in [0.25, 0.3) is 0 Å². The predicted molar refractivity (Wildman–Crippen MR) is 74.9 cm³/mol. The molecule has 0 saturated heterocycles. The van der Waals surface area contributed by atoms with Crippen molar-refractivity contribution >= 4 is 21.7 Å². The molecule has 0 aliphatic heterocycles. The minimum atomic E-state index is 0.687. The van der Waals surface area contributed by atoms with Crippen molar-refractivity contribution < 1.29 is 0 Å². The van der Waals surface area contributed by atoms with E-state index in [0.29, 0.717) is 11.8 Å². The number of pyridine rings is 1. The Morgan fingerprint density at radius 1 is 1.29 bits per heavy atom. The number of nitrogens with zero attached hydrogens (tertiary/aromatic N) is 1. The van der Waals surface area contributed by atoms with Gasteiger partial charge in [-0.1, -0.05) is 12.8 Å². The second kappa shape index (κ2) is 6.36. The number of halogens is 1. The Labute approximate surface area is 111 Å². The first kappa shape index (κ1) is 12.8. The van der Waals surface area contributed by atoms with E-state index in [0.717, 1.165) is 23.4 Å². The Morgan fingerprint density at radius 3 is 2.71 bits per heavy atom. The second-order valence-electron chi connectivity index (χ2n) is 4.78. The molecule has 3 nitrogen and oxygen atoms in total. The van der Waals surface area contributed by atoms with E-state index >= 15 is 0 Å². The van der Waals surface area contributed by atoms with Crippen LogP contribution in [0.2, 0.25) is 0 Å². The molecule has 1 saturated carbocycles. The Kier molecular flexibility index (Phi) is 4.80. The Bertz CT molecular complexity index is 339. The molecule has 0 radical (unpaired) electrons. The van der Waals surface area contributed by atoms with E-state index < -0.39 is 0 Å². The highest BCUT2D eigenvalue weighted by Gasteiger charge is 2.23. The zero-order valence-electron chi connectivity index (χ0n) is 10.0. The molecular weight excluding hydrogens is 278 g/mol. The van der Waals surface area contributed by atoms with Crippen LogP contribution in [0.1, 0.15) is 25.7 Å². The molecule has 2 rings (SSSR count). The zero-order valence-corrected chi connectivity index (χ0v) is 11.6. The lowest BCUT2D eigenvalue weighted by Crippen LogP contribution is -2.31. The molecule has 2 atom stereocenters. The maximum atomic E-state index is 5.83. The van der Waals surface area contributed by atoms with Gasteiger partial charge in [0.15, 0.2) is 0 Å². The van der Waals surface area contributed by atoms with Crippen LogP contribution in [0.3, 0.4) is 0 Å². The number of nitrogens with two attached hydrogens (primary N) is 1. The summed E-state index contributed by atoms with van der Waals surface area (Å²) in [5.74, 6) is 2.35. The van der Waals surface area contributed by atoms with Crippen LogP contribution in [0.5, 0.6) is 0 Å². The van der Waals surface area contributed by atoms with E-state index in [1.807, 2.05) is 18.3 Å². The number of aromatic nitrogens is 1. The summed E-state index contributed by atoms with van der Waals surface area (Å²) in [5, 5.41) is 3.42. The highest BCUT2D eigenvalue weighted by Crippen LogP contribution is 2.29. The number of nitrogens with one attached hydrogen (secondary N) is 1. The topological polar surface area (TPSA) is 50.9 Å². The van der Waals surface area contributed by atoms with Crippen molar-refractivity contribution in [3.63, 3.8) is 0 Å². The predicted octanol–water partition coefficient (Wildman–Crippen LogP) is 3.02. The molecule has 94 valence electrons. The number of anilines is 1. The Morgan fingerprint density at radius 2 is 2.06 bits per heavy atom. The first-order chi connectivity index (χ1) is 8.29. The summed E-state index contributed by atoms with van der Waals surface area (Å²) < 4.78 is 1.01. The van der Waals surface area contributed by atoms with Gasteiger partial charge < -0.3 is 11.1 Å². The van der Waals surface area contributed by atoms with E-state index in [-0.39, 0.29) is 0 Å². The van der Waals surface area contributed by atoms with Crippen molar-refractivity contribution in [1.29, 1.82) is 0 Å². The van der Waals surface area contributed by atoms with Crippen LogP contribution >= 0.6 is 15.9 Å². The molecule has 0 aromatic carbocycles. The third kappa shape index (κ3) is 3.68. The number of rotatable bonds is 4. The van der Waals surface area contributed by atoms with Crippen LogP contribution in [-0.2, 0) is 0 Å². The Balaban J connectivity index is 1.86. The molecule has 1 aliphatic rings. The van der Waals surface area contributed by atoms with Gasteiger partial charge in [0.1, 0.15) is 5.82 Å². The summed E-state index contributed by atoms with van der Waals surface area (Å²) in [6.45, 7) is 1.82.